The fourth-order valence-electron chi connectivity index (χ4n) is 12.2. The summed E-state index contributed by atoms with van der Waals surface area (Å²) in [7, 11) is 0. The number of carbonyl (C=O) groups excluding carboxylic acids is 2. The molecule has 0 N–H and O–H groups in total. The van der Waals surface area contributed by atoms with E-state index in [2.05, 4.69) is 114 Å². The summed E-state index contributed by atoms with van der Waals surface area (Å²) in [4.78, 5) is 42.8. The molecule has 0 aromatic carbocycles. The Labute approximate surface area is 498 Å². The first-order valence-electron chi connectivity index (χ1n) is 31.6. The van der Waals surface area contributed by atoms with Gasteiger partial charge >= 0.3 is 0 Å². The van der Waals surface area contributed by atoms with Crippen LogP contribution in [0.5, 0.6) is 0 Å². The van der Waals surface area contributed by atoms with Gasteiger partial charge in [0, 0.05) is 44.3 Å². The number of halogens is 2. The first-order valence-corrected chi connectivity index (χ1v) is 36.7. The third-order valence-electron chi connectivity index (χ3n) is 16.8. The van der Waals surface area contributed by atoms with Gasteiger partial charge in [-0.25, -0.2) is 0 Å². The molecule has 4 aliphatic rings. The van der Waals surface area contributed by atoms with Gasteiger partial charge in [-0.2, -0.15) is 0 Å². The van der Waals surface area contributed by atoms with E-state index in [0.717, 1.165) is 60.4 Å². The summed E-state index contributed by atoms with van der Waals surface area (Å²) in [5, 5.41) is 0.0244. The van der Waals surface area contributed by atoms with Crippen LogP contribution in [0.3, 0.4) is 0 Å². The summed E-state index contributed by atoms with van der Waals surface area (Å²) in [6.07, 6.45) is 48.1. The number of amides is 2. The molecule has 0 aliphatic carbocycles. The number of fused-ring (bicyclic) bond motifs is 1. The number of unbranched alkanes of at least 4 members (excludes halogenated alkanes) is 22. The number of hydrogen-bond acceptors (Lipinski definition) is 6. The van der Waals surface area contributed by atoms with Gasteiger partial charge in [-0.1, -0.05) is 243 Å². The fraction of sp³-hybridized carbons (Fsp3) is 0.727. The average molecular weight is 1240 g/mol. The Balaban J connectivity index is 1.41. The van der Waals surface area contributed by atoms with Crippen LogP contribution >= 0.6 is 78.1 Å². The molecule has 0 spiro atoms. The van der Waals surface area contributed by atoms with Crippen molar-refractivity contribution >= 4 is 95.6 Å². The van der Waals surface area contributed by atoms with E-state index >= 15 is 9.59 Å². The fourth-order valence-corrected chi connectivity index (χ4v) is 18.7. The zero-order valence-electron chi connectivity index (χ0n) is 48.5. The molecule has 2 aromatic rings. The van der Waals surface area contributed by atoms with Gasteiger partial charge in [-0.3, -0.25) is 9.59 Å². The number of nitrogens with zero attached hydrogens (tertiary/aromatic N) is 2. The number of rotatable bonds is 42. The third kappa shape index (κ3) is 19.0. The standard InChI is InChI=1S/C66H102Br2N2O2S4/c1-7-13-19-25-27-31-37-49(35-29-21-15-9-3)47-69-61(55-43-41-53(73-55)57-45-51(63(67)75-57)39-33-23-17-11-5)59-60(65(69)71)62(56-44-42-54(74-56)58-46-52(64(68)76-58)40-34-24-18-12-6)70(66(59)72)48-50(36-30-22-16-10-4)38-32-28-26-20-14-8-2/h41-43,45-46,49-50,52,56,64H,7-40,44,47-48H2,1-6H3. The van der Waals surface area contributed by atoms with Crippen molar-refractivity contribution in [1.29, 1.82) is 0 Å². The maximum Gasteiger partial charge on any atom is 0.261 e. The molecule has 0 saturated heterocycles. The molecule has 0 bridgehead atoms. The van der Waals surface area contributed by atoms with E-state index in [1.165, 1.54) is 215 Å². The van der Waals surface area contributed by atoms with Crippen LogP contribution < -0.4 is 0 Å². The first-order chi connectivity index (χ1) is 37.2. The van der Waals surface area contributed by atoms with E-state index < -0.39 is 0 Å². The molecule has 4 aliphatic heterocycles. The van der Waals surface area contributed by atoms with Gasteiger partial charge in [-0.15, -0.1) is 46.2 Å². The second-order valence-corrected chi connectivity index (χ2v) is 30.6. The highest BCUT2D eigenvalue weighted by Gasteiger charge is 2.52. The van der Waals surface area contributed by atoms with Crippen molar-refractivity contribution in [2.24, 2.45) is 17.8 Å². The Morgan fingerprint density at radius 1 is 0.539 bits per heavy atom. The van der Waals surface area contributed by atoms with Crippen molar-refractivity contribution in [2.45, 2.75) is 276 Å². The number of alkyl halides is 1. The van der Waals surface area contributed by atoms with Crippen LogP contribution in [0.15, 0.2) is 60.8 Å². The van der Waals surface area contributed by atoms with Crippen LogP contribution in [0, 0.1) is 17.8 Å². The molecule has 0 radical (unpaired) electrons. The number of hydrogen-bond donors (Lipinski definition) is 0. The van der Waals surface area contributed by atoms with Crippen LogP contribution in [0.25, 0.3) is 15.5 Å². The third-order valence-corrected chi connectivity index (χ3v) is 23.9. The molecule has 426 valence electrons. The van der Waals surface area contributed by atoms with Crippen molar-refractivity contribution in [3.63, 3.8) is 0 Å². The smallest absolute Gasteiger partial charge is 0.261 e. The highest BCUT2D eigenvalue weighted by atomic mass is 79.9. The van der Waals surface area contributed by atoms with E-state index in [4.69, 9.17) is 0 Å². The normalized spacial score (nSPS) is 19.6. The highest BCUT2D eigenvalue weighted by molar-refractivity contribution is 9.11. The molecule has 2 amide bonds. The van der Waals surface area contributed by atoms with Crippen molar-refractivity contribution in [1.82, 2.24) is 9.80 Å². The zero-order valence-corrected chi connectivity index (χ0v) is 55.0. The molecule has 0 fully saturated rings. The molecular formula is C66H102Br2N2O2S4. The minimum atomic E-state index is 0.0244. The summed E-state index contributed by atoms with van der Waals surface area (Å²) in [5.41, 5.74) is 4.79. The molecule has 76 heavy (non-hydrogen) atoms. The van der Waals surface area contributed by atoms with Crippen LogP contribution in [-0.2, 0) is 16.0 Å². The minimum absolute atomic E-state index is 0.0244. The Morgan fingerprint density at radius 2 is 1.03 bits per heavy atom. The van der Waals surface area contributed by atoms with Crippen LogP contribution in [0.4, 0.5) is 0 Å². The van der Waals surface area contributed by atoms with Crippen molar-refractivity contribution in [3.05, 3.63) is 71.2 Å². The Bertz CT molecular complexity index is 2190. The zero-order chi connectivity index (χ0) is 54.1. The lowest BCUT2D eigenvalue weighted by atomic mass is 9.93. The first kappa shape index (κ1) is 64.1. The van der Waals surface area contributed by atoms with Crippen molar-refractivity contribution in [2.75, 3.05) is 13.1 Å². The average Bonchev–Trinajstić information content (AvgIpc) is 4.32. The Kier molecular flexibility index (Phi) is 30.2. The van der Waals surface area contributed by atoms with Gasteiger partial charge in [0.2, 0.25) is 0 Å². The van der Waals surface area contributed by atoms with Gasteiger partial charge in [0.05, 0.1) is 34.9 Å². The molecule has 5 atom stereocenters. The van der Waals surface area contributed by atoms with E-state index in [1.54, 1.807) is 11.3 Å². The van der Waals surface area contributed by atoms with Gasteiger partial charge < -0.3 is 9.80 Å². The predicted octanol–water partition coefficient (Wildman–Crippen LogP) is 23.0. The van der Waals surface area contributed by atoms with Gasteiger partial charge in [0.1, 0.15) is 0 Å². The van der Waals surface area contributed by atoms with Gasteiger partial charge in [0.25, 0.3) is 11.8 Å². The molecule has 6 rings (SSSR count). The molecule has 2 aromatic heterocycles. The molecule has 4 nitrogen and oxygen atoms in total. The second-order valence-electron chi connectivity index (χ2n) is 23.2. The largest absolute Gasteiger partial charge is 0.310 e. The van der Waals surface area contributed by atoms with Gasteiger partial charge in [-0.05, 0) is 103 Å². The Hall–Kier alpha value is -1.04. The van der Waals surface area contributed by atoms with E-state index in [9.17, 15) is 0 Å². The number of thiophene rings is 2. The second kappa shape index (κ2) is 35.7. The summed E-state index contributed by atoms with van der Waals surface area (Å²) in [5.74, 6) is 1.52. The van der Waals surface area contributed by atoms with Crippen molar-refractivity contribution < 1.29 is 9.59 Å². The summed E-state index contributed by atoms with van der Waals surface area (Å²) in [6.45, 7) is 15.2. The summed E-state index contributed by atoms with van der Waals surface area (Å²) in [6, 6.07) is 6.95. The number of allylic oxidation sites excluding steroid dienone is 2. The highest BCUT2D eigenvalue weighted by Crippen LogP contribution is 2.56. The summed E-state index contributed by atoms with van der Waals surface area (Å²) < 4.78 is 1.63. The maximum atomic E-state index is 16.1. The lowest BCUT2D eigenvalue weighted by molar-refractivity contribution is -0.125. The molecular weight excluding hydrogens is 1140 g/mol. The minimum Gasteiger partial charge on any atom is -0.310 e. The maximum absolute atomic E-state index is 16.1. The van der Waals surface area contributed by atoms with Gasteiger partial charge in [0.15, 0.2) is 0 Å². The lowest BCUT2D eigenvalue weighted by Gasteiger charge is -2.31. The molecule has 0 saturated carbocycles. The predicted molar refractivity (Wildman–Crippen MR) is 346 cm³/mol. The SMILES string of the molecule is CCCCCCCCC(CCCCCC)CN1C(=O)C2=C(C3CC=C(C4=CC(CCCCCC)C(Br)S4)S3)N(CC(CCCCCC)CCCCCCCC)C(=O)C2=C1c1ccc(-c2cc(CCCCCC)c(Br)s2)s1. The number of carbonyl (C=O) groups is 2. The topological polar surface area (TPSA) is 40.6 Å². The van der Waals surface area contributed by atoms with Crippen LogP contribution in [0.2, 0.25) is 0 Å². The van der Waals surface area contributed by atoms with Crippen molar-refractivity contribution in [3.8, 4) is 9.75 Å². The molecule has 5 unspecified atom stereocenters. The van der Waals surface area contributed by atoms with Crippen LogP contribution in [-0.4, -0.2) is 44.1 Å². The van der Waals surface area contributed by atoms with Crippen LogP contribution in [0.1, 0.15) is 270 Å². The Morgan fingerprint density at radius 3 is 1.61 bits per heavy atom. The number of aryl methyl sites for hydroxylation is 1. The summed E-state index contributed by atoms with van der Waals surface area (Å²) >= 11 is 15.6. The molecule has 10 heteroatoms. The monoisotopic (exact) mass is 1240 g/mol. The molecule has 6 heterocycles. The van der Waals surface area contributed by atoms with E-state index in [-0.39, 0.29) is 17.1 Å². The lowest BCUT2D eigenvalue weighted by Crippen LogP contribution is -2.37. The number of thioether (sulfide) groups is 2. The van der Waals surface area contributed by atoms with E-state index in [0.29, 0.717) is 40.6 Å². The quantitative estimate of drug-likeness (QED) is 0.0491. The van der Waals surface area contributed by atoms with E-state index in [1.807, 2.05) is 34.9 Å².